The second-order valence-corrected chi connectivity index (χ2v) is 8.04. The summed E-state index contributed by atoms with van der Waals surface area (Å²) in [6.45, 7) is 8.00. The Bertz CT molecular complexity index is 814. The molecular formula is C20H27ClN4O2. The number of aliphatic hydroxyl groups is 1. The van der Waals surface area contributed by atoms with Crippen LogP contribution in [0, 0.1) is 18.8 Å². The highest BCUT2D eigenvalue weighted by Gasteiger charge is 2.24. The highest BCUT2D eigenvalue weighted by Crippen LogP contribution is 2.29. The molecule has 2 heterocycles. The van der Waals surface area contributed by atoms with E-state index in [1.807, 2.05) is 26.8 Å². The molecular weight excluding hydrogens is 364 g/mol. The molecule has 2 aromatic rings. The van der Waals surface area contributed by atoms with Crippen molar-refractivity contribution in [3.63, 3.8) is 0 Å². The van der Waals surface area contributed by atoms with Crippen LogP contribution in [-0.2, 0) is 4.79 Å². The van der Waals surface area contributed by atoms with Gasteiger partial charge >= 0.3 is 0 Å². The summed E-state index contributed by atoms with van der Waals surface area (Å²) in [6, 6.07) is 6.13. The van der Waals surface area contributed by atoms with Gasteiger partial charge < -0.3 is 15.3 Å². The Kier molecular flexibility index (Phi) is 6.17. The van der Waals surface area contributed by atoms with E-state index in [9.17, 15) is 9.90 Å². The molecule has 1 aromatic heterocycles. The van der Waals surface area contributed by atoms with Crippen molar-refractivity contribution in [1.29, 1.82) is 0 Å². The summed E-state index contributed by atoms with van der Waals surface area (Å²) in [4.78, 5) is 23.0. The van der Waals surface area contributed by atoms with Crippen LogP contribution in [-0.4, -0.2) is 46.7 Å². The van der Waals surface area contributed by atoms with E-state index in [0.29, 0.717) is 12.5 Å². The largest absolute Gasteiger partial charge is 0.383 e. The minimum absolute atomic E-state index is 0.0775. The Morgan fingerprint density at radius 3 is 2.70 bits per heavy atom. The number of nitrogens with zero attached hydrogens (tertiary/aromatic N) is 3. The van der Waals surface area contributed by atoms with Crippen molar-refractivity contribution in [2.24, 2.45) is 11.8 Å². The van der Waals surface area contributed by atoms with E-state index in [1.165, 1.54) is 0 Å². The fraction of sp³-hybridized carbons (Fsp3) is 0.550. The predicted octanol–water partition coefficient (Wildman–Crippen LogP) is 2.94. The van der Waals surface area contributed by atoms with Crippen molar-refractivity contribution < 1.29 is 9.90 Å². The minimum Gasteiger partial charge on any atom is -0.383 e. The fourth-order valence-electron chi connectivity index (χ4n) is 3.44. The lowest BCUT2D eigenvalue weighted by atomic mass is 9.96. The van der Waals surface area contributed by atoms with E-state index in [2.05, 4.69) is 32.3 Å². The number of amides is 1. The number of benzene rings is 1. The molecule has 0 radical (unpaired) electrons. The van der Waals surface area contributed by atoms with Crippen molar-refractivity contribution in [1.82, 2.24) is 15.3 Å². The first-order chi connectivity index (χ1) is 12.8. The van der Waals surface area contributed by atoms with Gasteiger partial charge in [0.25, 0.3) is 0 Å². The van der Waals surface area contributed by atoms with E-state index < -0.39 is 6.10 Å². The normalized spacial score (nSPS) is 16.7. The molecule has 27 heavy (non-hydrogen) atoms. The maximum absolute atomic E-state index is 11.9. The third-order valence-electron chi connectivity index (χ3n) is 5.18. The molecule has 1 fully saturated rings. The van der Waals surface area contributed by atoms with Crippen molar-refractivity contribution >= 4 is 34.2 Å². The molecule has 0 saturated carbocycles. The van der Waals surface area contributed by atoms with Crippen LogP contribution in [0.3, 0.4) is 0 Å². The van der Waals surface area contributed by atoms with Crippen molar-refractivity contribution in [3.05, 3.63) is 29.0 Å². The Morgan fingerprint density at radius 2 is 2.04 bits per heavy atom. The Morgan fingerprint density at radius 1 is 1.33 bits per heavy atom. The van der Waals surface area contributed by atoms with Gasteiger partial charge in [0.2, 0.25) is 11.2 Å². The molecule has 3 rings (SSSR count). The van der Waals surface area contributed by atoms with Gasteiger partial charge in [-0.3, -0.25) is 4.79 Å². The number of hydrogen-bond acceptors (Lipinski definition) is 5. The zero-order valence-corrected chi connectivity index (χ0v) is 16.8. The molecule has 0 unspecified atom stereocenters. The van der Waals surface area contributed by atoms with Crippen molar-refractivity contribution in [3.8, 4) is 0 Å². The first-order valence-corrected chi connectivity index (χ1v) is 9.87. The molecule has 2 N–H and O–H groups in total. The monoisotopic (exact) mass is 390 g/mol. The van der Waals surface area contributed by atoms with Gasteiger partial charge in [-0.2, -0.15) is 4.98 Å². The average Bonchev–Trinajstić information content (AvgIpc) is 2.64. The summed E-state index contributed by atoms with van der Waals surface area (Å²) in [5.41, 5.74) is 2.00. The molecule has 7 heteroatoms. The first kappa shape index (κ1) is 19.8. The van der Waals surface area contributed by atoms with Gasteiger partial charge in [0, 0.05) is 25.0 Å². The van der Waals surface area contributed by atoms with E-state index >= 15 is 0 Å². The topological polar surface area (TPSA) is 78.4 Å². The first-order valence-electron chi connectivity index (χ1n) is 9.49. The number of aliphatic hydroxyl groups excluding tert-OH is 1. The van der Waals surface area contributed by atoms with Crippen LogP contribution in [0.5, 0.6) is 0 Å². The number of anilines is 1. The van der Waals surface area contributed by atoms with E-state index in [-0.39, 0.29) is 17.1 Å². The number of fused-ring (bicyclic) bond motifs is 1. The van der Waals surface area contributed by atoms with Gasteiger partial charge in [-0.25, -0.2) is 4.98 Å². The van der Waals surface area contributed by atoms with Gasteiger partial charge in [0.15, 0.2) is 0 Å². The number of nitrogens with one attached hydrogen (secondary N) is 1. The van der Waals surface area contributed by atoms with Crippen LogP contribution in [0.4, 0.5) is 5.82 Å². The molecule has 0 spiro atoms. The number of piperidine rings is 1. The third-order valence-corrected chi connectivity index (χ3v) is 5.35. The maximum atomic E-state index is 11.9. The molecule has 0 aliphatic carbocycles. The van der Waals surface area contributed by atoms with Gasteiger partial charge in [0.1, 0.15) is 11.9 Å². The summed E-state index contributed by atoms with van der Waals surface area (Å²) < 4.78 is 0. The number of rotatable bonds is 5. The Hall–Kier alpha value is -1.92. The summed E-state index contributed by atoms with van der Waals surface area (Å²) >= 11 is 6.14. The molecule has 1 aliphatic rings. The van der Waals surface area contributed by atoms with Crippen molar-refractivity contribution in [2.75, 3.05) is 24.5 Å². The molecule has 1 atom stereocenters. The zero-order chi connectivity index (χ0) is 19.6. The standard InChI is InChI=1S/C20H27ClN4O2/c1-12(2)17(26)19(27)22-11-14-6-8-25(9-7-14)18-15-5-4-13(3)10-16(15)23-20(21)24-18/h4-5,10,12,14,17,26H,6-9,11H2,1-3H3,(H,22,27)/t17-/m0/s1. The van der Waals surface area contributed by atoms with Gasteiger partial charge in [-0.15, -0.1) is 0 Å². The molecule has 6 nitrogen and oxygen atoms in total. The van der Waals surface area contributed by atoms with Gasteiger partial charge in [0.05, 0.1) is 5.52 Å². The van der Waals surface area contributed by atoms with Crippen molar-refractivity contribution in [2.45, 2.75) is 39.7 Å². The fourth-order valence-corrected chi connectivity index (χ4v) is 3.61. The number of hydrogen-bond donors (Lipinski definition) is 2. The summed E-state index contributed by atoms with van der Waals surface area (Å²) in [6.07, 6.45) is 0.961. The number of carbonyl (C=O) groups is 1. The Labute approximate surface area is 164 Å². The van der Waals surface area contributed by atoms with Crippen LogP contribution in [0.2, 0.25) is 5.28 Å². The average molecular weight is 391 g/mol. The third kappa shape index (κ3) is 4.68. The second-order valence-electron chi connectivity index (χ2n) is 7.70. The summed E-state index contributed by atoms with van der Waals surface area (Å²) in [5.74, 6) is 0.917. The zero-order valence-electron chi connectivity index (χ0n) is 16.1. The number of aryl methyl sites for hydroxylation is 1. The molecule has 1 saturated heterocycles. The van der Waals surface area contributed by atoms with Crippen LogP contribution in [0.1, 0.15) is 32.3 Å². The van der Waals surface area contributed by atoms with E-state index in [1.54, 1.807) is 0 Å². The maximum Gasteiger partial charge on any atom is 0.249 e. The van der Waals surface area contributed by atoms with Crippen LogP contribution >= 0.6 is 11.6 Å². The predicted molar refractivity (Wildman–Crippen MR) is 108 cm³/mol. The summed E-state index contributed by atoms with van der Waals surface area (Å²) in [7, 11) is 0. The molecule has 146 valence electrons. The molecule has 1 amide bonds. The second kappa shape index (κ2) is 8.40. The highest BCUT2D eigenvalue weighted by atomic mass is 35.5. The lowest BCUT2D eigenvalue weighted by Gasteiger charge is -2.33. The lowest BCUT2D eigenvalue weighted by Crippen LogP contribution is -2.43. The number of aromatic nitrogens is 2. The molecule has 0 bridgehead atoms. The smallest absolute Gasteiger partial charge is 0.249 e. The molecule has 1 aliphatic heterocycles. The lowest BCUT2D eigenvalue weighted by molar-refractivity contribution is -0.131. The van der Waals surface area contributed by atoms with E-state index in [0.717, 1.165) is 48.2 Å². The van der Waals surface area contributed by atoms with E-state index in [4.69, 9.17) is 11.6 Å². The van der Waals surface area contributed by atoms with Crippen LogP contribution in [0.15, 0.2) is 18.2 Å². The van der Waals surface area contributed by atoms with Gasteiger partial charge in [-0.05, 0) is 60.9 Å². The quantitative estimate of drug-likeness (QED) is 0.767. The SMILES string of the molecule is Cc1ccc2c(N3CCC(CNC(=O)[C@@H](O)C(C)C)CC3)nc(Cl)nc2c1. The summed E-state index contributed by atoms with van der Waals surface area (Å²) in [5, 5.41) is 14.0. The Balaban J connectivity index is 1.63. The van der Waals surface area contributed by atoms with Crippen LogP contribution in [0.25, 0.3) is 10.9 Å². The van der Waals surface area contributed by atoms with Crippen LogP contribution < -0.4 is 10.2 Å². The van der Waals surface area contributed by atoms with Gasteiger partial charge in [-0.1, -0.05) is 19.9 Å². The minimum atomic E-state index is -0.942. The number of carbonyl (C=O) groups excluding carboxylic acids is 1. The highest BCUT2D eigenvalue weighted by molar-refractivity contribution is 6.28. The molecule has 1 aromatic carbocycles. The number of halogens is 1.